The summed E-state index contributed by atoms with van der Waals surface area (Å²) in [5.74, 6) is -1.05. The van der Waals surface area contributed by atoms with Crippen molar-refractivity contribution in [2.75, 3.05) is 6.61 Å². The molecule has 0 saturated heterocycles. The third-order valence-electron chi connectivity index (χ3n) is 4.18. The van der Waals surface area contributed by atoms with Gasteiger partial charge < -0.3 is 9.84 Å². The van der Waals surface area contributed by atoms with Crippen molar-refractivity contribution in [2.45, 2.75) is 59.3 Å². The zero-order valence-electron chi connectivity index (χ0n) is 14.1. The normalized spacial score (nSPS) is 13.5. The van der Waals surface area contributed by atoms with Crippen LogP contribution in [0.15, 0.2) is 12.1 Å². The quantitative estimate of drug-likeness (QED) is 0.466. The molecule has 1 N–H and O–H groups in total. The second-order valence-corrected chi connectivity index (χ2v) is 5.67. The van der Waals surface area contributed by atoms with E-state index in [4.69, 9.17) is 4.74 Å². The second-order valence-electron chi connectivity index (χ2n) is 5.67. The van der Waals surface area contributed by atoms with Gasteiger partial charge in [-0.15, -0.1) is 0 Å². The molecule has 0 amide bonds. The number of hydrogen-bond donors (Lipinski definition) is 1. The fraction of sp³-hybridized carbons (Fsp3) is 0.556. The molecule has 0 aromatic heterocycles. The minimum absolute atomic E-state index is 0.109. The third-order valence-corrected chi connectivity index (χ3v) is 4.18. The number of aromatic hydroxyl groups is 1. The monoisotopic (exact) mass is 306 g/mol. The topological polar surface area (TPSA) is 63.6 Å². The molecule has 0 spiro atoms. The number of rotatable bonds is 7. The molecule has 0 heterocycles. The highest BCUT2D eigenvalue weighted by Gasteiger charge is 2.23. The summed E-state index contributed by atoms with van der Waals surface area (Å²) < 4.78 is 4.79. The van der Waals surface area contributed by atoms with Gasteiger partial charge in [0.25, 0.3) is 5.78 Å². The maximum absolute atomic E-state index is 12.2. The van der Waals surface area contributed by atoms with Crippen LogP contribution >= 0.6 is 0 Å². The van der Waals surface area contributed by atoms with Gasteiger partial charge in [-0.05, 0) is 54.9 Å². The Balaban J connectivity index is 3.40. The first kappa shape index (κ1) is 18.2. The Morgan fingerprint density at radius 2 is 1.50 bits per heavy atom. The molecule has 0 aliphatic carbocycles. The van der Waals surface area contributed by atoms with E-state index < -0.39 is 11.8 Å². The lowest BCUT2D eigenvalue weighted by molar-refractivity contribution is -0.137. The van der Waals surface area contributed by atoms with E-state index in [2.05, 4.69) is 0 Å². The molecule has 22 heavy (non-hydrogen) atoms. The Labute approximate surface area is 132 Å². The maximum atomic E-state index is 12.2. The van der Waals surface area contributed by atoms with Gasteiger partial charge >= 0.3 is 5.97 Å². The van der Waals surface area contributed by atoms with Crippen LogP contribution < -0.4 is 0 Å². The first-order valence-corrected chi connectivity index (χ1v) is 7.95. The van der Waals surface area contributed by atoms with Crippen molar-refractivity contribution in [1.82, 2.24) is 0 Å². The van der Waals surface area contributed by atoms with Crippen molar-refractivity contribution in [1.29, 1.82) is 0 Å². The molecule has 0 fully saturated rings. The highest BCUT2D eigenvalue weighted by Crippen LogP contribution is 2.37. The van der Waals surface area contributed by atoms with Crippen LogP contribution in [0.4, 0.5) is 0 Å². The Hall–Kier alpha value is -1.84. The number of ketones is 1. The molecule has 4 nitrogen and oxygen atoms in total. The van der Waals surface area contributed by atoms with E-state index in [1.54, 1.807) is 19.1 Å². The maximum Gasteiger partial charge on any atom is 0.379 e. The number of esters is 1. The van der Waals surface area contributed by atoms with E-state index in [1.807, 2.05) is 27.7 Å². The number of benzene rings is 1. The van der Waals surface area contributed by atoms with E-state index >= 15 is 0 Å². The summed E-state index contributed by atoms with van der Waals surface area (Å²) in [4.78, 5) is 23.9. The lowest BCUT2D eigenvalue weighted by atomic mass is 9.87. The molecular formula is C18H26O4. The summed E-state index contributed by atoms with van der Waals surface area (Å²) >= 11 is 0. The molecule has 0 aliphatic heterocycles. The summed E-state index contributed by atoms with van der Waals surface area (Å²) in [6.07, 6.45) is 1.68. The van der Waals surface area contributed by atoms with Crippen LogP contribution in [-0.4, -0.2) is 23.5 Å². The van der Waals surface area contributed by atoms with Crippen LogP contribution in [0.25, 0.3) is 0 Å². The van der Waals surface area contributed by atoms with Gasteiger partial charge in [-0.2, -0.15) is 0 Å². The van der Waals surface area contributed by atoms with Crippen molar-refractivity contribution in [3.63, 3.8) is 0 Å². The summed E-state index contributed by atoms with van der Waals surface area (Å²) in [5, 5.41) is 10.5. The van der Waals surface area contributed by atoms with Crippen LogP contribution in [0.1, 0.15) is 80.8 Å². The summed E-state index contributed by atoms with van der Waals surface area (Å²) in [5.41, 5.74) is 1.72. The Kier molecular flexibility index (Phi) is 6.60. The van der Waals surface area contributed by atoms with Crippen molar-refractivity contribution < 1.29 is 19.4 Å². The average Bonchev–Trinajstić information content (AvgIpc) is 2.53. The fourth-order valence-electron chi connectivity index (χ4n) is 2.32. The zero-order valence-corrected chi connectivity index (χ0v) is 14.1. The first-order chi connectivity index (χ1) is 10.4. The van der Waals surface area contributed by atoms with Gasteiger partial charge in [-0.25, -0.2) is 4.79 Å². The largest absolute Gasteiger partial charge is 0.507 e. The molecule has 122 valence electrons. The van der Waals surface area contributed by atoms with E-state index in [0.717, 1.165) is 12.8 Å². The number of ether oxygens (including phenoxy) is 1. The summed E-state index contributed by atoms with van der Waals surface area (Å²) in [6, 6.07) is 3.24. The number of hydrogen-bond acceptors (Lipinski definition) is 4. The molecule has 4 heteroatoms. The number of Topliss-reactive ketones (excluding diaryl/α,β-unsaturated/α-hetero) is 1. The molecule has 2 unspecified atom stereocenters. The molecule has 0 saturated carbocycles. The van der Waals surface area contributed by atoms with Gasteiger partial charge in [0, 0.05) is 5.56 Å². The molecule has 0 aliphatic rings. The van der Waals surface area contributed by atoms with Crippen LogP contribution in [0.2, 0.25) is 0 Å². The van der Waals surface area contributed by atoms with Gasteiger partial charge in [0.05, 0.1) is 6.61 Å². The molecule has 1 rings (SSSR count). The van der Waals surface area contributed by atoms with E-state index in [-0.39, 0.29) is 24.2 Å². The van der Waals surface area contributed by atoms with Gasteiger partial charge in [0.15, 0.2) is 0 Å². The average molecular weight is 306 g/mol. The van der Waals surface area contributed by atoms with Crippen molar-refractivity contribution in [3.05, 3.63) is 28.8 Å². The highest BCUT2D eigenvalue weighted by molar-refractivity contribution is 6.40. The molecule has 2 atom stereocenters. The predicted octanol–water partition coefficient (Wildman–Crippen LogP) is 4.17. The van der Waals surface area contributed by atoms with Gasteiger partial charge in [0.2, 0.25) is 0 Å². The predicted molar refractivity (Wildman–Crippen MR) is 86.5 cm³/mol. The van der Waals surface area contributed by atoms with Gasteiger partial charge in [-0.1, -0.05) is 27.7 Å². The molecular weight excluding hydrogens is 280 g/mol. The van der Waals surface area contributed by atoms with Gasteiger partial charge in [0.1, 0.15) is 5.75 Å². The van der Waals surface area contributed by atoms with E-state index in [0.29, 0.717) is 16.7 Å². The fourth-order valence-corrected chi connectivity index (χ4v) is 2.32. The number of phenols is 1. The molecule has 1 aromatic carbocycles. The number of phenolic OH excluding ortho intramolecular Hbond substituents is 1. The SMILES string of the molecule is CCOC(=O)C(=O)c1cc(C(C)CC)c(O)c(C(C)CC)c1. The minimum Gasteiger partial charge on any atom is -0.507 e. The lowest BCUT2D eigenvalue weighted by Gasteiger charge is -2.19. The number of carbonyl (C=O) groups excluding carboxylic acids is 2. The minimum atomic E-state index is -0.849. The summed E-state index contributed by atoms with van der Waals surface area (Å²) in [6.45, 7) is 9.86. The zero-order chi connectivity index (χ0) is 16.9. The van der Waals surface area contributed by atoms with E-state index in [1.165, 1.54) is 0 Å². The van der Waals surface area contributed by atoms with Crippen molar-refractivity contribution in [2.24, 2.45) is 0 Å². The van der Waals surface area contributed by atoms with Crippen LogP contribution in [0, 0.1) is 0 Å². The number of carbonyl (C=O) groups is 2. The van der Waals surface area contributed by atoms with E-state index in [9.17, 15) is 14.7 Å². The Bertz CT molecular complexity index is 517. The van der Waals surface area contributed by atoms with Crippen molar-refractivity contribution in [3.8, 4) is 5.75 Å². The Morgan fingerprint density at radius 3 is 1.86 bits per heavy atom. The van der Waals surface area contributed by atoms with Crippen LogP contribution in [0.5, 0.6) is 5.75 Å². The third kappa shape index (κ3) is 3.87. The standard InChI is InChI=1S/C18H26O4/c1-6-11(4)14-9-13(16(19)18(21)22-8-3)10-15(17(14)20)12(5)7-2/h9-12,20H,6-8H2,1-5H3. The smallest absolute Gasteiger partial charge is 0.379 e. The lowest BCUT2D eigenvalue weighted by Crippen LogP contribution is -2.18. The second kappa shape index (κ2) is 7.97. The highest BCUT2D eigenvalue weighted by atomic mass is 16.5. The molecule has 0 radical (unpaired) electrons. The first-order valence-electron chi connectivity index (χ1n) is 7.95. The Morgan fingerprint density at radius 1 is 1.05 bits per heavy atom. The molecule has 0 bridgehead atoms. The van der Waals surface area contributed by atoms with Gasteiger partial charge in [-0.3, -0.25) is 4.79 Å². The molecule has 1 aromatic rings. The van der Waals surface area contributed by atoms with Crippen LogP contribution in [0.3, 0.4) is 0 Å². The summed E-state index contributed by atoms with van der Waals surface area (Å²) in [7, 11) is 0. The van der Waals surface area contributed by atoms with Crippen LogP contribution in [-0.2, 0) is 9.53 Å². The van der Waals surface area contributed by atoms with Crippen molar-refractivity contribution >= 4 is 11.8 Å².